The Bertz CT molecular complexity index is 462. The Labute approximate surface area is 115 Å². The van der Waals surface area contributed by atoms with Gasteiger partial charge >= 0.3 is 5.97 Å². The fourth-order valence-corrected chi connectivity index (χ4v) is 2.87. The molecule has 1 aromatic heterocycles. The van der Waals surface area contributed by atoms with Crippen molar-refractivity contribution >= 4 is 29.3 Å². The minimum Gasteiger partial charge on any atom is -0.478 e. The monoisotopic (exact) mass is 284 g/mol. The van der Waals surface area contributed by atoms with Gasteiger partial charge in [0, 0.05) is 25.0 Å². The largest absolute Gasteiger partial charge is 0.478 e. The fourth-order valence-electron chi connectivity index (χ4n) is 1.75. The molecule has 1 aliphatic heterocycles. The molecule has 1 aliphatic rings. The van der Waals surface area contributed by atoms with Crippen LogP contribution in [0.4, 0.5) is 0 Å². The lowest BCUT2D eigenvalue weighted by molar-refractivity contribution is -0.131. The molecule has 96 valence electrons. The number of carboxylic acid groups (broad SMARTS) is 1. The first-order valence-corrected chi connectivity index (χ1v) is 6.94. The van der Waals surface area contributed by atoms with Gasteiger partial charge in [-0.3, -0.25) is 0 Å². The second kappa shape index (κ2) is 6.11. The summed E-state index contributed by atoms with van der Waals surface area (Å²) in [5.41, 5.74) is 1.03. The van der Waals surface area contributed by atoms with Crippen LogP contribution in [0.1, 0.15) is 12.0 Å². The topological polar surface area (TPSA) is 53.4 Å². The molecule has 2 heterocycles. The predicted molar refractivity (Wildman–Crippen MR) is 72.5 cm³/mol. The van der Waals surface area contributed by atoms with Crippen molar-refractivity contribution in [3.63, 3.8) is 0 Å². The SMILES string of the molecule is O=C(O)/C=C1\SCCCN1Cc1ccc(Cl)nc1. The molecule has 0 saturated carbocycles. The van der Waals surface area contributed by atoms with Crippen LogP contribution in [-0.4, -0.2) is 33.3 Å². The van der Waals surface area contributed by atoms with E-state index in [1.165, 1.54) is 6.08 Å². The van der Waals surface area contributed by atoms with Crippen molar-refractivity contribution in [3.8, 4) is 0 Å². The Kier molecular flexibility index (Phi) is 4.49. The molecule has 6 heteroatoms. The van der Waals surface area contributed by atoms with Gasteiger partial charge in [-0.15, -0.1) is 11.8 Å². The summed E-state index contributed by atoms with van der Waals surface area (Å²) in [6.45, 7) is 1.53. The molecule has 18 heavy (non-hydrogen) atoms. The molecule has 0 aromatic carbocycles. The number of hydrogen-bond donors (Lipinski definition) is 1. The molecular formula is C12H13ClN2O2S. The van der Waals surface area contributed by atoms with Gasteiger partial charge in [0.15, 0.2) is 0 Å². The maximum Gasteiger partial charge on any atom is 0.330 e. The van der Waals surface area contributed by atoms with Crippen molar-refractivity contribution in [1.82, 2.24) is 9.88 Å². The summed E-state index contributed by atoms with van der Waals surface area (Å²) in [4.78, 5) is 16.9. The maximum absolute atomic E-state index is 10.8. The second-order valence-electron chi connectivity index (χ2n) is 3.93. The smallest absolute Gasteiger partial charge is 0.330 e. The Balaban J connectivity index is 2.10. The summed E-state index contributed by atoms with van der Waals surface area (Å²) in [5, 5.41) is 10.1. The van der Waals surface area contributed by atoms with Crippen LogP contribution < -0.4 is 0 Å². The zero-order chi connectivity index (χ0) is 13.0. The minimum absolute atomic E-state index is 0.466. The van der Waals surface area contributed by atoms with Crippen molar-refractivity contribution in [2.75, 3.05) is 12.3 Å². The first kappa shape index (κ1) is 13.2. The molecule has 0 amide bonds. The summed E-state index contributed by atoms with van der Waals surface area (Å²) in [6.07, 6.45) is 4.05. The van der Waals surface area contributed by atoms with Crippen molar-refractivity contribution in [1.29, 1.82) is 0 Å². The predicted octanol–water partition coefficient (Wildman–Crippen LogP) is 2.60. The number of hydrogen-bond acceptors (Lipinski definition) is 4. The lowest BCUT2D eigenvalue weighted by atomic mass is 10.2. The van der Waals surface area contributed by atoms with Gasteiger partial charge in [-0.05, 0) is 18.1 Å². The number of nitrogens with zero attached hydrogens (tertiary/aromatic N) is 2. The van der Waals surface area contributed by atoms with Gasteiger partial charge in [0.1, 0.15) is 5.15 Å². The average molecular weight is 285 g/mol. The molecule has 0 atom stereocenters. The van der Waals surface area contributed by atoms with E-state index in [-0.39, 0.29) is 0 Å². The van der Waals surface area contributed by atoms with E-state index >= 15 is 0 Å². The van der Waals surface area contributed by atoms with Crippen LogP contribution in [0.15, 0.2) is 29.4 Å². The molecule has 0 spiro atoms. The van der Waals surface area contributed by atoms with E-state index in [2.05, 4.69) is 9.88 Å². The van der Waals surface area contributed by atoms with E-state index in [4.69, 9.17) is 16.7 Å². The summed E-state index contributed by atoms with van der Waals surface area (Å²) in [6, 6.07) is 3.65. The molecule has 1 aromatic rings. The van der Waals surface area contributed by atoms with Gasteiger partial charge in [-0.1, -0.05) is 17.7 Å². The highest BCUT2D eigenvalue weighted by Gasteiger charge is 2.17. The van der Waals surface area contributed by atoms with Crippen LogP contribution in [-0.2, 0) is 11.3 Å². The van der Waals surface area contributed by atoms with Crippen molar-refractivity contribution in [3.05, 3.63) is 40.2 Å². The Morgan fingerprint density at radius 3 is 3.11 bits per heavy atom. The van der Waals surface area contributed by atoms with Crippen LogP contribution in [0, 0.1) is 0 Å². The third kappa shape index (κ3) is 3.65. The first-order chi connectivity index (χ1) is 8.65. The third-order valence-corrected chi connectivity index (χ3v) is 3.93. The summed E-state index contributed by atoms with van der Waals surface area (Å²) in [7, 11) is 0. The quantitative estimate of drug-likeness (QED) is 0.683. The Hall–Kier alpha value is -1.20. The molecule has 0 aliphatic carbocycles. The zero-order valence-corrected chi connectivity index (χ0v) is 11.2. The van der Waals surface area contributed by atoms with Gasteiger partial charge in [-0.25, -0.2) is 9.78 Å². The first-order valence-electron chi connectivity index (χ1n) is 5.58. The number of thioether (sulfide) groups is 1. The van der Waals surface area contributed by atoms with Gasteiger partial charge in [0.2, 0.25) is 0 Å². The molecule has 4 nitrogen and oxygen atoms in total. The third-order valence-electron chi connectivity index (χ3n) is 2.54. The normalized spacial score (nSPS) is 18.1. The highest BCUT2D eigenvalue weighted by Crippen LogP contribution is 2.28. The van der Waals surface area contributed by atoms with E-state index in [9.17, 15) is 4.79 Å². The van der Waals surface area contributed by atoms with E-state index in [1.807, 2.05) is 6.07 Å². The van der Waals surface area contributed by atoms with Crippen LogP contribution in [0.25, 0.3) is 0 Å². The minimum atomic E-state index is -0.904. The standard InChI is InChI=1S/C12H13ClN2O2S/c13-10-3-2-9(7-14-10)8-15-4-1-5-18-11(15)6-12(16)17/h2-3,6-7H,1,4-5,8H2,(H,16,17)/b11-6-. The van der Waals surface area contributed by atoms with Crippen LogP contribution >= 0.6 is 23.4 Å². The number of carboxylic acids is 1. The molecule has 0 bridgehead atoms. The number of pyridine rings is 1. The summed E-state index contributed by atoms with van der Waals surface area (Å²) >= 11 is 7.32. The van der Waals surface area contributed by atoms with Gasteiger partial charge < -0.3 is 10.0 Å². The molecule has 2 rings (SSSR count). The van der Waals surface area contributed by atoms with Crippen LogP contribution in [0.3, 0.4) is 0 Å². The number of aliphatic carboxylic acids is 1. The van der Waals surface area contributed by atoms with Crippen molar-refractivity contribution in [2.24, 2.45) is 0 Å². The van der Waals surface area contributed by atoms with Crippen LogP contribution in [0.5, 0.6) is 0 Å². The summed E-state index contributed by atoms with van der Waals surface area (Å²) in [5.74, 6) is 0.0627. The highest BCUT2D eigenvalue weighted by molar-refractivity contribution is 8.03. The molecule has 0 radical (unpaired) electrons. The maximum atomic E-state index is 10.8. The average Bonchev–Trinajstić information content (AvgIpc) is 2.34. The number of halogens is 1. The Morgan fingerprint density at radius 2 is 2.44 bits per heavy atom. The number of rotatable bonds is 3. The Morgan fingerprint density at radius 1 is 1.61 bits per heavy atom. The second-order valence-corrected chi connectivity index (χ2v) is 5.44. The van der Waals surface area contributed by atoms with E-state index < -0.39 is 5.97 Å². The fraction of sp³-hybridized carbons (Fsp3) is 0.333. The van der Waals surface area contributed by atoms with Gasteiger partial charge in [0.25, 0.3) is 0 Å². The van der Waals surface area contributed by atoms with E-state index in [0.29, 0.717) is 11.7 Å². The lowest BCUT2D eigenvalue weighted by Crippen LogP contribution is -2.27. The molecule has 1 N–H and O–H groups in total. The molecular weight excluding hydrogens is 272 g/mol. The van der Waals surface area contributed by atoms with E-state index in [1.54, 1.807) is 24.0 Å². The van der Waals surface area contributed by atoms with Crippen LogP contribution in [0.2, 0.25) is 5.15 Å². The van der Waals surface area contributed by atoms with Gasteiger partial charge in [-0.2, -0.15) is 0 Å². The highest BCUT2D eigenvalue weighted by atomic mass is 35.5. The summed E-state index contributed by atoms with van der Waals surface area (Å²) < 4.78 is 0. The lowest BCUT2D eigenvalue weighted by Gasteiger charge is -2.30. The van der Waals surface area contributed by atoms with Gasteiger partial charge in [0.05, 0.1) is 11.1 Å². The molecule has 1 saturated heterocycles. The van der Waals surface area contributed by atoms with Crippen molar-refractivity contribution in [2.45, 2.75) is 13.0 Å². The number of aromatic nitrogens is 1. The van der Waals surface area contributed by atoms with E-state index in [0.717, 1.165) is 29.3 Å². The zero-order valence-electron chi connectivity index (χ0n) is 9.67. The number of carbonyl (C=O) groups is 1. The van der Waals surface area contributed by atoms with Crippen molar-refractivity contribution < 1.29 is 9.90 Å². The molecule has 1 fully saturated rings. The molecule has 0 unspecified atom stereocenters.